The molecule has 1 aromatic rings. The van der Waals surface area contributed by atoms with Gasteiger partial charge in [-0.15, -0.1) is 0 Å². The van der Waals surface area contributed by atoms with Gasteiger partial charge in [0, 0.05) is 5.56 Å². The highest BCUT2D eigenvalue weighted by molar-refractivity contribution is 5.32. The molecule has 0 aliphatic rings. The Hall–Kier alpha value is -1.02. The SMILES string of the molecule is CC(C)OCc1ccccc1OC(C)C. The summed E-state index contributed by atoms with van der Waals surface area (Å²) < 4.78 is 11.3. The van der Waals surface area contributed by atoms with Crippen LogP contribution in [0.5, 0.6) is 5.75 Å². The predicted molar refractivity (Wildman–Crippen MR) is 62.1 cm³/mol. The molecule has 0 aromatic heterocycles. The topological polar surface area (TPSA) is 18.5 Å². The van der Waals surface area contributed by atoms with Crippen LogP contribution in [0.2, 0.25) is 0 Å². The molecule has 0 aliphatic carbocycles. The van der Waals surface area contributed by atoms with Crippen LogP contribution in [0.15, 0.2) is 24.3 Å². The van der Waals surface area contributed by atoms with E-state index in [4.69, 9.17) is 9.47 Å². The van der Waals surface area contributed by atoms with Crippen molar-refractivity contribution >= 4 is 0 Å². The summed E-state index contributed by atoms with van der Waals surface area (Å²) in [6, 6.07) is 8.02. The maximum atomic E-state index is 5.70. The standard InChI is InChI=1S/C13H20O2/c1-10(2)14-9-12-7-5-6-8-13(12)15-11(3)4/h5-8,10-11H,9H2,1-4H3. The lowest BCUT2D eigenvalue weighted by molar-refractivity contribution is 0.0634. The second kappa shape index (κ2) is 5.76. The minimum atomic E-state index is 0.199. The van der Waals surface area contributed by atoms with Crippen LogP contribution in [0.25, 0.3) is 0 Å². The van der Waals surface area contributed by atoms with Crippen molar-refractivity contribution in [2.75, 3.05) is 0 Å². The monoisotopic (exact) mass is 208 g/mol. The van der Waals surface area contributed by atoms with Crippen molar-refractivity contribution in [1.82, 2.24) is 0 Å². The van der Waals surface area contributed by atoms with Crippen LogP contribution in [0.1, 0.15) is 33.3 Å². The number of hydrogen-bond donors (Lipinski definition) is 0. The van der Waals surface area contributed by atoms with Crippen LogP contribution in [-0.4, -0.2) is 12.2 Å². The van der Waals surface area contributed by atoms with Crippen LogP contribution in [0, 0.1) is 0 Å². The minimum absolute atomic E-state index is 0.199. The summed E-state index contributed by atoms with van der Waals surface area (Å²) in [6.07, 6.45) is 0.447. The number of hydrogen-bond acceptors (Lipinski definition) is 2. The van der Waals surface area contributed by atoms with Crippen LogP contribution in [0.4, 0.5) is 0 Å². The second-order valence-electron chi connectivity index (χ2n) is 4.13. The molecular formula is C13H20O2. The first-order valence-corrected chi connectivity index (χ1v) is 5.45. The Labute approximate surface area is 92.2 Å². The van der Waals surface area contributed by atoms with Gasteiger partial charge in [-0.2, -0.15) is 0 Å². The van der Waals surface area contributed by atoms with Crippen LogP contribution in [-0.2, 0) is 11.3 Å². The number of benzene rings is 1. The first-order valence-electron chi connectivity index (χ1n) is 5.45. The molecule has 0 fully saturated rings. The Morgan fingerprint density at radius 3 is 2.27 bits per heavy atom. The molecule has 2 nitrogen and oxygen atoms in total. The van der Waals surface area contributed by atoms with Gasteiger partial charge in [-0.25, -0.2) is 0 Å². The molecule has 84 valence electrons. The fourth-order valence-electron chi connectivity index (χ4n) is 1.25. The number of para-hydroxylation sites is 1. The Bertz CT molecular complexity index is 292. The molecule has 0 amide bonds. The van der Waals surface area contributed by atoms with E-state index >= 15 is 0 Å². The van der Waals surface area contributed by atoms with Crippen molar-refractivity contribution in [3.05, 3.63) is 29.8 Å². The van der Waals surface area contributed by atoms with Gasteiger partial charge in [-0.1, -0.05) is 18.2 Å². The third kappa shape index (κ3) is 4.34. The van der Waals surface area contributed by atoms with Gasteiger partial charge >= 0.3 is 0 Å². The van der Waals surface area contributed by atoms with Crippen LogP contribution >= 0.6 is 0 Å². The van der Waals surface area contributed by atoms with Crippen molar-refractivity contribution in [2.24, 2.45) is 0 Å². The Morgan fingerprint density at radius 1 is 1.00 bits per heavy atom. The molecule has 0 spiro atoms. The first kappa shape index (κ1) is 12.1. The van der Waals surface area contributed by atoms with Gasteiger partial charge in [0.05, 0.1) is 18.8 Å². The smallest absolute Gasteiger partial charge is 0.125 e. The molecule has 15 heavy (non-hydrogen) atoms. The van der Waals surface area contributed by atoms with Gasteiger partial charge in [-0.05, 0) is 33.8 Å². The van der Waals surface area contributed by atoms with E-state index in [1.54, 1.807) is 0 Å². The molecule has 0 bridgehead atoms. The van der Waals surface area contributed by atoms with E-state index in [0.717, 1.165) is 11.3 Å². The Morgan fingerprint density at radius 2 is 1.67 bits per heavy atom. The largest absolute Gasteiger partial charge is 0.491 e. The van der Waals surface area contributed by atoms with E-state index in [2.05, 4.69) is 0 Å². The molecule has 0 saturated heterocycles. The average molecular weight is 208 g/mol. The summed E-state index contributed by atoms with van der Waals surface area (Å²) in [5.74, 6) is 0.924. The van der Waals surface area contributed by atoms with E-state index in [0.29, 0.717) is 6.61 Å². The Balaban J connectivity index is 2.68. The predicted octanol–water partition coefficient (Wildman–Crippen LogP) is 3.40. The lowest BCUT2D eigenvalue weighted by atomic mass is 10.2. The summed E-state index contributed by atoms with van der Waals surface area (Å²) in [7, 11) is 0. The fraction of sp³-hybridized carbons (Fsp3) is 0.538. The van der Waals surface area contributed by atoms with Crippen molar-refractivity contribution in [2.45, 2.75) is 46.5 Å². The van der Waals surface area contributed by atoms with Gasteiger partial charge in [0.1, 0.15) is 5.75 Å². The van der Waals surface area contributed by atoms with Gasteiger partial charge < -0.3 is 9.47 Å². The molecular weight excluding hydrogens is 188 g/mol. The molecule has 0 atom stereocenters. The first-order chi connectivity index (χ1) is 7.09. The number of rotatable bonds is 5. The molecule has 0 radical (unpaired) electrons. The minimum Gasteiger partial charge on any atom is -0.491 e. The van der Waals surface area contributed by atoms with Gasteiger partial charge in [0.2, 0.25) is 0 Å². The zero-order valence-electron chi connectivity index (χ0n) is 9.99. The third-order valence-corrected chi connectivity index (χ3v) is 1.91. The van der Waals surface area contributed by atoms with E-state index in [1.807, 2.05) is 52.0 Å². The van der Waals surface area contributed by atoms with E-state index in [-0.39, 0.29) is 12.2 Å². The molecule has 0 N–H and O–H groups in total. The average Bonchev–Trinajstić information content (AvgIpc) is 2.15. The molecule has 0 heterocycles. The van der Waals surface area contributed by atoms with Crippen LogP contribution < -0.4 is 4.74 Å². The molecule has 1 aromatic carbocycles. The summed E-state index contributed by atoms with van der Waals surface area (Å²) in [5.41, 5.74) is 1.11. The van der Waals surface area contributed by atoms with E-state index in [1.165, 1.54) is 0 Å². The maximum absolute atomic E-state index is 5.70. The van der Waals surface area contributed by atoms with Gasteiger partial charge in [0.15, 0.2) is 0 Å². The molecule has 0 aliphatic heterocycles. The third-order valence-electron chi connectivity index (χ3n) is 1.91. The quantitative estimate of drug-likeness (QED) is 0.738. The highest BCUT2D eigenvalue weighted by Gasteiger charge is 2.05. The summed E-state index contributed by atoms with van der Waals surface area (Å²) in [5, 5.41) is 0. The van der Waals surface area contributed by atoms with E-state index < -0.39 is 0 Å². The fourth-order valence-corrected chi connectivity index (χ4v) is 1.25. The number of ether oxygens (including phenoxy) is 2. The van der Waals surface area contributed by atoms with Crippen molar-refractivity contribution in [3.8, 4) is 5.75 Å². The van der Waals surface area contributed by atoms with Crippen LogP contribution in [0.3, 0.4) is 0 Å². The second-order valence-corrected chi connectivity index (χ2v) is 4.13. The normalized spacial score (nSPS) is 11.1. The molecule has 0 saturated carbocycles. The maximum Gasteiger partial charge on any atom is 0.125 e. The summed E-state index contributed by atoms with van der Waals surface area (Å²) >= 11 is 0. The van der Waals surface area contributed by atoms with Crippen molar-refractivity contribution < 1.29 is 9.47 Å². The Kier molecular flexibility index (Phi) is 4.63. The van der Waals surface area contributed by atoms with E-state index in [9.17, 15) is 0 Å². The summed E-state index contributed by atoms with van der Waals surface area (Å²) in [6.45, 7) is 8.73. The van der Waals surface area contributed by atoms with Gasteiger partial charge in [-0.3, -0.25) is 0 Å². The summed E-state index contributed by atoms with van der Waals surface area (Å²) in [4.78, 5) is 0. The highest BCUT2D eigenvalue weighted by atomic mass is 16.5. The highest BCUT2D eigenvalue weighted by Crippen LogP contribution is 2.20. The zero-order valence-corrected chi connectivity index (χ0v) is 9.99. The lowest BCUT2D eigenvalue weighted by Crippen LogP contribution is -2.09. The van der Waals surface area contributed by atoms with Crippen molar-refractivity contribution in [3.63, 3.8) is 0 Å². The van der Waals surface area contributed by atoms with Crippen molar-refractivity contribution in [1.29, 1.82) is 0 Å². The molecule has 0 unspecified atom stereocenters. The zero-order chi connectivity index (χ0) is 11.3. The molecule has 2 heteroatoms. The lowest BCUT2D eigenvalue weighted by Gasteiger charge is -2.15. The van der Waals surface area contributed by atoms with Gasteiger partial charge in [0.25, 0.3) is 0 Å². The molecule has 1 rings (SSSR count).